The van der Waals surface area contributed by atoms with Crippen molar-refractivity contribution in [3.05, 3.63) is 58.1 Å². The maximum atomic E-state index is 12.5. The molecule has 33 heavy (non-hydrogen) atoms. The lowest BCUT2D eigenvalue weighted by atomic mass is 10.1. The van der Waals surface area contributed by atoms with Crippen LogP contribution in [0.15, 0.2) is 36.4 Å². The van der Waals surface area contributed by atoms with E-state index in [1.807, 2.05) is 6.07 Å². The lowest BCUT2D eigenvalue weighted by molar-refractivity contribution is 0.0590. The summed E-state index contributed by atoms with van der Waals surface area (Å²) in [7, 11) is 1.64. The molecule has 7 nitrogen and oxygen atoms in total. The number of ether oxygens (including phenoxy) is 1. The van der Waals surface area contributed by atoms with Crippen LogP contribution in [0.5, 0.6) is 5.75 Å². The minimum absolute atomic E-state index is 0.215. The van der Waals surface area contributed by atoms with E-state index in [0.29, 0.717) is 34.9 Å². The smallest absolute Gasteiger partial charge is 0.261 e. The third kappa shape index (κ3) is 4.86. The molecule has 0 saturated carbocycles. The highest BCUT2D eigenvalue weighted by Crippen LogP contribution is 2.37. The number of methoxy groups -OCH3 is 1. The van der Waals surface area contributed by atoms with Crippen LogP contribution in [0.3, 0.4) is 0 Å². The Morgan fingerprint density at radius 3 is 2.27 bits per heavy atom. The normalized spacial score (nSPS) is 17.5. The van der Waals surface area contributed by atoms with Crippen LogP contribution >= 0.6 is 11.6 Å². The zero-order chi connectivity index (χ0) is 23.5. The predicted molar refractivity (Wildman–Crippen MR) is 128 cm³/mol. The van der Waals surface area contributed by atoms with Gasteiger partial charge in [0.25, 0.3) is 11.8 Å². The minimum Gasteiger partial charge on any atom is -0.493 e. The van der Waals surface area contributed by atoms with Gasteiger partial charge < -0.3 is 14.7 Å². The van der Waals surface area contributed by atoms with E-state index in [9.17, 15) is 14.7 Å². The second-order valence-electron chi connectivity index (χ2n) is 8.52. The number of carbonyl (C=O) groups excluding carboxylic acids is 2. The number of anilines is 1. The van der Waals surface area contributed by atoms with Crippen molar-refractivity contribution in [2.75, 3.05) is 51.3 Å². The fourth-order valence-electron chi connectivity index (χ4n) is 4.56. The minimum atomic E-state index is -0.617. The average molecular weight is 472 g/mol. The van der Waals surface area contributed by atoms with Crippen LogP contribution < -0.4 is 9.64 Å². The molecule has 2 amide bonds. The Morgan fingerprint density at radius 1 is 1.06 bits per heavy atom. The number of nitrogens with zero attached hydrogens (tertiary/aromatic N) is 3. The maximum Gasteiger partial charge on any atom is 0.261 e. The molecule has 1 fully saturated rings. The van der Waals surface area contributed by atoms with Crippen molar-refractivity contribution in [3.8, 4) is 5.75 Å². The summed E-state index contributed by atoms with van der Waals surface area (Å²) in [5.74, 6) is 0.139. The first-order valence-corrected chi connectivity index (χ1v) is 11.8. The van der Waals surface area contributed by atoms with Gasteiger partial charge in [-0.05, 0) is 42.7 Å². The van der Waals surface area contributed by atoms with E-state index < -0.39 is 6.10 Å². The second kappa shape index (κ2) is 10.1. The zero-order valence-electron chi connectivity index (χ0n) is 19.1. The molecule has 0 spiro atoms. The van der Waals surface area contributed by atoms with Crippen LogP contribution in [-0.2, 0) is 6.42 Å². The summed E-state index contributed by atoms with van der Waals surface area (Å²) >= 11 is 6.42. The van der Waals surface area contributed by atoms with Gasteiger partial charge in [-0.2, -0.15) is 0 Å². The number of fused-ring (bicyclic) bond motifs is 1. The number of hydrogen-bond acceptors (Lipinski definition) is 6. The molecule has 2 aromatic carbocycles. The van der Waals surface area contributed by atoms with Crippen LogP contribution in [0.4, 0.5) is 5.69 Å². The molecule has 2 aliphatic heterocycles. The van der Waals surface area contributed by atoms with Crippen molar-refractivity contribution in [2.45, 2.75) is 25.9 Å². The van der Waals surface area contributed by atoms with Crippen LogP contribution in [0.1, 0.15) is 39.6 Å². The summed E-state index contributed by atoms with van der Waals surface area (Å²) in [4.78, 5) is 30.7. The Kier molecular flexibility index (Phi) is 7.22. The van der Waals surface area contributed by atoms with Gasteiger partial charge in [0.15, 0.2) is 5.75 Å². The monoisotopic (exact) mass is 471 g/mol. The van der Waals surface area contributed by atoms with Crippen LogP contribution in [0, 0.1) is 0 Å². The molecule has 0 aliphatic carbocycles. The molecule has 8 heteroatoms. The van der Waals surface area contributed by atoms with Gasteiger partial charge in [0.2, 0.25) is 0 Å². The third-order valence-corrected chi connectivity index (χ3v) is 6.72. The topological polar surface area (TPSA) is 73.3 Å². The Hall–Kier alpha value is -2.61. The standard InChI is InChI=1S/C25H30ClN3O4/c1-3-17-14-21(26)23(33-2)22(15-17)28-12-10-27(11-13-28)16-18(30)8-9-29-24(31)19-6-4-5-7-20(19)25(29)32/h4-7,14-15,18,30H,3,8-13,16H2,1-2H3/t18-/m0/s1. The number of imide groups is 1. The molecule has 0 aromatic heterocycles. The molecule has 4 rings (SSSR count). The van der Waals surface area contributed by atoms with E-state index in [0.717, 1.165) is 38.3 Å². The van der Waals surface area contributed by atoms with Gasteiger partial charge in [0.1, 0.15) is 0 Å². The molecule has 0 bridgehead atoms. The number of piperazine rings is 1. The van der Waals surface area contributed by atoms with Crippen LogP contribution in [-0.4, -0.2) is 79.2 Å². The molecular weight excluding hydrogens is 442 g/mol. The SMILES string of the molecule is CCc1cc(Cl)c(OC)c(N2CCN(C[C@@H](O)CCN3C(=O)c4ccccc4C3=O)CC2)c1. The van der Waals surface area contributed by atoms with Crippen molar-refractivity contribution >= 4 is 29.1 Å². The van der Waals surface area contributed by atoms with E-state index in [1.54, 1.807) is 31.4 Å². The number of β-amino-alcohol motifs (C(OH)–C–C–N with tert-alkyl or cyclic N) is 1. The first-order chi connectivity index (χ1) is 15.9. The number of carbonyl (C=O) groups is 2. The Morgan fingerprint density at radius 2 is 1.70 bits per heavy atom. The van der Waals surface area contributed by atoms with E-state index >= 15 is 0 Å². The predicted octanol–water partition coefficient (Wildman–Crippen LogP) is 3.08. The fourth-order valence-corrected chi connectivity index (χ4v) is 4.87. The van der Waals surface area contributed by atoms with Crippen molar-refractivity contribution in [1.82, 2.24) is 9.80 Å². The summed E-state index contributed by atoms with van der Waals surface area (Å²) in [6.45, 7) is 6.00. The quantitative estimate of drug-likeness (QED) is 0.596. The van der Waals surface area contributed by atoms with Crippen molar-refractivity contribution in [2.24, 2.45) is 0 Å². The number of aliphatic hydroxyl groups is 1. The van der Waals surface area contributed by atoms with Crippen molar-refractivity contribution < 1.29 is 19.4 Å². The zero-order valence-corrected chi connectivity index (χ0v) is 19.8. The lowest BCUT2D eigenvalue weighted by Gasteiger charge is -2.37. The summed E-state index contributed by atoms with van der Waals surface area (Å²) in [5.41, 5.74) is 3.06. The second-order valence-corrected chi connectivity index (χ2v) is 8.93. The van der Waals surface area contributed by atoms with Gasteiger partial charge in [-0.25, -0.2) is 0 Å². The van der Waals surface area contributed by atoms with Gasteiger partial charge in [-0.3, -0.25) is 19.4 Å². The number of hydrogen-bond donors (Lipinski definition) is 1. The largest absolute Gasteiger partial charge is 0.493 e. The molecule has 2 aliphatic rings. The molecule has 0 radical (unpaired) electrons. The van der Waals surface area contributed by atoms with Gasteiger partial charge in [0.05, 0.1) is 35.1 Å². The molecular formula is C25H30ClN3O4. The number of benzene rings is 2. The summed E-state index contributed by atoms with van der Waals surface area (Å²) in [5, 5.41) is 11.2. The highest BCUT2D eigenvalue weighted by atomic mass is 35.5. The first-order valence-electron chi connectivity index (χ1n) is 11.4. The number of amides is 2. The Bertz CT molecular complexity index is 1000. The molecule has 1 saturated heterocycles. The molecule has 2 aromatic rings. The molecule has 176 valence electrons. The number of rotatable bonds is 8. The van der Waals surface area contributed by atoms with Gasteiger partial charge in [-0.15, -0.1) is 0 Å². The summed E-state index contributed by atoms with van der Waals surface area (Å²) in [6, 6.07) is 10.9. The molecule has 1 N–H and O–H groups in total. The molecule has 2 heterocycles. The lowest BCUT2D eigenvalue weighted by Crippen LogP contribution is -2.49. The molecule has 1 atom stereocenters. The number of aliphatic hydroxyl groups excluding tert-OH is 1. The molecule has 0 unspecified atom stereocenters. The van der Waals surface area contributed by atoms with Crippen LogP contribution in [0.2, 0.25) is 5.02 Å². The fraction of sp³-hybridized carbons (Fsp3) is 0.440. The summed E-state index contributed by atoms with van der Waals surface area (Å²) < 4.78 is 5.55. The first kappa shape index (κ1) is 23.5. The third-order valence-electron chi connectivity index (χ3n) is 6.44. The highest BCUT2D eigenvalue weighted by Gasteiger charge is 2.35. The van der Waals surface area contributed by atoms with Crippen molar-refractivity contribution in [1.29, 1.82) is 0 Å². The number of aryl methyl sites for hydroxylation is 1. The van der Waals surface area contributed by atoms with E-state index in [2.05, 4.69) is 22.8 Å². The highest BCUT2D eigenvalue weighted by molar-refractivity contribution is 6.32. The van der Waals surface area contributed by atoms with E-state index in [4.69, 9.17) is 16.3 Å². The Labute approximate surface area is 199 Å². The van der Waals surface area contributed by atoms with E-state index in [1.165, 1.54) is 10.5 Å². The van der Waals surface area contributed by atoms with Crippen molar-refractivity contribution in [3.63, 3.8) is 0 Å². The average Bonchev–Trinajstić information content (AvgIpc) is 3.07. The van der Waals surface area contributed by atoms with Crippen LogP contribution in [0.25, 0.3) is 0 Å². The van der Waals surface area contributed by atoms with Gasteiger partial charge in [-0.1, -0.05) is 30.7 Å². The summed E-state index contributed by atoms with van der Waals surface area (Å²) in [6.07, 6.45) is 0.636. The maximum absolute atomic E-state index is 12.5. The number of halogens is 1. The van der Waals surface area contributed by atoms with Gasteiger partial charge in [0, 0.05) is 39.3 Å². The van der Waals surface area contributed by atoms with E-state index in [-0.39, 0.29) is 18.4 Å². The Balaban J connectivity index is 1.29. The van der Waals surface area contributed by atoms with Gasteiger partial charge >= 0.3 is 0 Å².